The molecule has 8 rings (SSSR count). The van der Waals surface area contributed by atoms with Crippen molar-refractivity contribution in [2.24, 2.45) is 0 Å². The molecule has 4 atom stereocenters. The van der Waals surface area contributed by atoms with E-state index in [4.69, 9.17) is 9.97 Å². The Morgan fingerprint density at radius 2 is 1.10 bits per heavy atom. The minimum absolute atomic E-state index is 0.0778. The number of nitrogens with zero attached hydrogens (tertiary/aromatic N) is 7. The monoisotopic (exact) mass is 777 g/mol. The number of amides is 3. The van der Waals surface area contributed by atoms with E-state index in [0.717, 1.165) is 75.7 Å². The van der Waals surface area contributed by atoms with Gasteiger partial charge in [0.05, 0.1) is 41.6 Å². The highest BCUT2D eigenvalue weighted by Crippen LogP contribution is 2.37. The number of H-pyrrole nitrogens is 2. The fraction of sp³-hybridized carbons (Fsp3) is 0.289. The van der Waals surface area contributed by atoms with Crippen LogP contribution in [-0.2, 0) is 9.59 Å². The number of likely N-dealkylation sites (N-methyl/N-ethyl adjacent to an activating group) is 2. The molecular weight excluding hydrogens is 731 g/mol. The highest BCUT2D eigenvalue weighted by molar-refractivity contribution is 5.87. The van der Waals surface area contributed by atoms with Crippen LogP contribution in [0.15, 0.2) is 116 Å². The Hall–Kier alpha value is -6.60. The number of pyridine rings is 1. The second kappa shape index (κ2) is 16.5. The van der Waals surface area contributed by atoms with Crippen LogP contribution in [0.5, 0.6) is 0 Å². The summed E-state index contributed by atoms with van der Waals surface area (Å²) in [4.78, 5) is 67.7. The van der Waals surface area contributed by atoms with Crippen molar-refractivity contribution in [1.82, 2.24) is 44.5 Å². The molecular formula is C45H47N9O4. The van der Waals surface area contributed by atoms with Gasteiger partial charge in [-0.3, -0.25) is 24.4 Å². The lowest BCUT2D eigenvalue weighted by molar-refractivity contribution is -0.138. The van der Waals surface area contributed by atoms with Gasteiger partial charge in [0, 0.05) is 37.5 Å². The normalized spacial score (nSPS) is 17.7. The Labute approximate surface area is 337 Å². The lowest BCUT2D eigenvalue weighted by Crippen LogP contribution is -2.43. The molecule has 2 saturated heterocycles. The Bertz CT molecular complexity index is 2360. The van der Waals surface area contributed by atoms with E-state index in [9.17, 15) is 19.5 Å². The number of hydrogen-bond acceptors (Lipinski definition) is 7. The van der Waals surface area contributed by atoms with Gasteiger partial charge in [0.2, 0.25) is 5.91 Å². The molecule has 13 heteroatoms. The van der Waals surface area contributed by atoms with Gasteiger partial charge in [0.15, 0.2) is 0 Å². The summed E-state index contributed by atoms with van der Waals surface area (Å²) >= 11 is 0. The van der Waals surface area contributed by atoms with E-state index < -0.39 is 12.1 Å². The van der Waals surface area contributed by atoms with Crippen LogP contribution in [0.1, 0.15) is 72.6 Å². The summed E-state index contributed by atoms with van der Waals surface area (Å²) < 4.78 is 0. The number of aromatic nitrogens is 5. The molecule has 5 heterocycles. The zero-order valence-electron chi connectivity index (χ0n) is 32.8. The maximum absolute atomic E-state index is 14.0. The van der Waals surface area contributed by atoms with Crippen molar-refractivity contribution in [1.29, 1.82) is 0 Å². The van der Waals surface area contributed by atoms with Gasteiger partial charge in [0.1, 0.15) is 23.7 Å². The van der Waals surface area contributed by atoms with Crippen molar-refractivity contribution < 1.29 is 19.5 Å². The van der Waals surface area contributed by atoms with Crippen molar-refractivity contribution in [2.45, 2.75) is 49.9 Å². The molecule has 2 aliphatic heterocycles. The smallest absolute Gasteiger partial charge is 0.407 e. The lowest BCUT2D eigenvalue weighted by atomic mass is 10.0. The van der Waals surface area contributed by atoms with Crippen molar-refractivity contribution in [2.75, 3.05) is 34.2 Å². The first-order valence-electron chi connectivity index (χ1n) is 19.7. The number of carboxylic acid groups (broad SMARTS) is 1. The molecule has 0 aliphatic carbocycles. The van der Waals surface area contributed by atoms with Gasteiger partial charge >= 0.3 is 6.09 Å². The van der Waals surface area contributed by atoms with Crippen LogP contribution in [0, 0.1) is 0 Å². The van der Waals surface area contributed by atoms with E-state index in [1.807, 2.05) is 121 Å². The molecule has 2 fully saturated rings. The Kier molecular flexibility index (Phi) is 10.9. The van der Waals surface area contributed by atoms with Gasteiger partial charge < -0.3 is 24.9 Å². The predicted molar refractivity (Wildman–Crippen MR) is 220 cm³/mol. The molecule has 3 aromatic carbocycles. The first-order valence-corrected chi connectivity index (χ1v) is 19.7. The van der Waals surface area contributed by atoms with Crippen LogP contribution in [0.25, 0.3) is 33.8 Å². The molecule has 0 radical (unpaired) electrons. The van der Waals surface area contributed by atoms with E-state index >= 15 is 0 Å². The molecule has 3 amide bonds. The van der Waals surface area contributed by atoms with Crippen LogP contribution >= 0.6 is 0 Å². The van der Waals surface area contributed by atoms with Gasteiger partial charge in [-0.15, -0.1) is 0 Å². The average molecular weight is 778 g/mol. The van der Waals surface area contributed by atoms with E-state index in [1.165, 1.54) is 7.05 Å². The molecule has 0 unspecified atom stereocenters. The second-order valence-corrected chi connectivity index (χ2v) is 15.2. The van der Waals surface area contributed by atoms with Crippen LogP contribution in [0.3, 0.4) is 0 Å². The fourth-order valence-corrected chi connectivity index (χ4v) is 8.37. The van der Waals surface area contributed by atoms with Gasteiger partial charge in [0.25, 0.3) is 5.91 Å². The molecule has 6 aromatic rings. The second-order valence-electron chi connectivity index (χ2n) is 15.2. The van der Waals surface area contributed by atoms with Gasteiger partial charge in [-0.2, -0.15) is 0 Å². The van der Waals surface area contributed by atoms with Gasteiger partial charge in [-0.05, 0) is 68.6 Å². The average Bonchev–Trinajstić information content (AvgIpc) is 4.09. The van der Waals surface area contributed by atoms with Crippen LogP contribution in [0.4, 0.5) is 4.79 Å². The molecule has 3 N–H and O–H groups in total. The van der Waals surface area contributed by atoms with Crippen molar-refractivity contribution in [3.8, 4) is 33.8 Å². The first kappa shape index (κ1) is 38.3. The van der Waals surface area contributed by atoms with Gasteiger partial charge in [-0.25, -0.2) is 14.8 Å². The predicted octanol–water partition coefficient (Wildman–Crippen LogP) is 7.51. The minimum Gasteiger partial charge on any atom is -0.465 e. The number of hydrogen-bond donors (Lipinski definition) is 3. The maximum Gasteiger partial charge on any atom is 0.407 e. The number of imidazole rings is 2. The van der Waals surface area contributed by atoms with Crippen LogP contribution in [-0.4, -0.2) is 102 Å². The number of aromatic amines is 2. The summed E-state index contributed by atoms with van der Waals surface area (Å²) in [5, 5.41) is 9.80. The summed E-state index contributed by atoms with van der Waals surface area (Å²) in [7, 11) is 5.31. The highest BCUT2D eigenvalue weighted by Gasteiger charge is 2.40. The van der Waals surface area contributed by atoms with Crippen molar-refractivity contribution in [3.05, 3.63) is 138 Å². The summed E-state index contributed by atoms with van der Waals surface area (Å²) in [6.45, 7) is 1.21. The molecule has 0 bridgehead atoms. The lowest BCUT2D eigenvalue weighted by Gasteiger charge is -2.32. The SMILES string of the molecule is CN(C)[C@@H](C(=O)N1CCC[C@H]1c1ncc(-c2ccc(-c3ccc(-c4cnc([C@@H]5CCCN5C(=O)[C@@H](c5ccccc5)N(C)C(=O)O)[nH]4)cc3)nc2)[nH]1)c1ccccc1. The fourth-order valence-electron chi connectivity index (χ4n) is 8.37. The molecule has 296 valence electrons. The number of carbonyl (C=O) groups is 3. The van der Waals surface area contributed by atoms with E-state index in [2.05, 4.69) is 15.0 Å². The molecule has 0 saturated carbocycles. The molecule has 3 aromatic heterocycles. The minimum atomic E-state index is -1.17. The molecule has 13 nitrogen and oxygen atoms in total. The van der Waals surface area contributed by atoms with Crippen molar-refractivity contribution in [3.63, 3.8) is 0 Å². The van der Waals surface area contributed by atoms with E-state index in [-0.39, 0.29) is 29.9 Å². The van der Waals surface area contributed by atoms with Crippen molar-refractivity contribution >= 4 is 17.9 Å². The Morgan fingerprint density at radius 1 is 0.621 bits per heavy atom. The van der Waals surface area contributed by atoms with Crippen LogP contribution in [0.2, 0.25) is 0 Å². The Balaban J connectivity index is 0.934. The van der Waals surface area contributed by atoms with Gasteiger partial charge in [-0.1, -0.05) is 84.9 Å². The maximum atomic E-state index is 14.0. The third-order valence-electron chi connectivity index (χ3n) is 11.4. The number of likely N-dealkylation sites (tertiary alicyclic amines) is 2. The molecule has 2 aliphatic rings. The summed E-state index contributed by atoms with van der Waals surface area (Å²) in [5.41, 5.74) is 6.88. The third kappa shape index (κ3) is 7.60. The zero-order valence-corrected chi connectivity index (χ0v) is 32.8. The topological polar surface area (TPSA) is 155 Å². The summed E-state index contributed by atoms with van der Waals surface area (Å²) in [6, 6.07) is 29.3. The molecule has 0 spiro atoms. The Morgan fingerprint density at radius 3 is 1.60 bits per heavy atom. The summed E-state index contributed by atoms with van der Waals surface area (Å²) in [6.07, 6.45) is 7.54. The number of rotatable bonds is 11. The summed E-state index contributed by atoms with van der Waals surface area (Å²) in [5.74, 6) is 1.26. The first-order chi connectivity index (χ1) is 28.2. The van der Waals surface area contributed by atoms with E-state index in [0.29, 0.717) is 24.5 Å². The standard InChI is InChI=1S/C45H47N9O4/c1-51(2)39(31-12-6-4-7-13-31)43(55)53-24-10-16-37(53)42-48-28-36(50-42)33-22-23-34(46-26-33)29-18-20-30(21-19-29)35-27-47-41(49-35)38-17-11-25-54(38)44(56)40(52(3)45(57)58)32-14-8-5-9-15-32/h4-9,12-15,18-23,26-28,37-40H,10-11,16-17,24-25H2,1-3H3,(H,47,49)(H,48,50)(H,57,58)/t37-,38-,39+,40+/m0/s1. The molecule has 58 heavy (non-hydrogen) atoms. The highest BCUT2D eigenvalue weighted by atomic mass is 16.4. The van der Waals surface area contributed by atoms with Crippen LogP contribution < -0.4 is 0 Å². The third-order valence-corrected chi connectivity index (χ3v) is 11.4. The largest absolute Gasteiger partial charge is 0.465 e. The zero-order chi connectivity index (χ0) is 40.3. The quantitative estimate of drug-likeness (QED) is 0.122. The number of carbonyl (C=O) groups excluding carboxylic acids is 2. The number of nitrogens with one attached hydrogen (secondary N) is 2. The number of benzene rings is 3. The van der Waals surface area contributed by atoms with E-state index in [1.54, 1.807) is 23.2 Å².